The van der Waals surface area contributed by atoms with E-state index in [1.807, 2.05) is 18.2 Å². The highest BCUT2D eigenvalue weighted by Gasteiger charge is 2.33. The first kappa shape index (κ1) is 18.3. The van der Waals surface area contributed by atoms with Gasteiger partial charge in [0.2, 0.25) is 0 Å². The van der Waals surface area contributed by atoms with E-state index in [-0.39, 0.29) is 6.04 Å². The van der Waals surface area contributed by atoms with Crippen LogP contribution in [-0.4, -0.2) is 28.2 Å². The minimum absolute atomic E-state index is 0.115. The van der Waals surface area contributed by atoms with E-state index in [1.54, 1.807) is 41.4 Å². The first-order valence-corrected chi connectivity index (χ1v) is 9.36. The summed E-state index contributed by atoms with van der Waals surface area (Å²) < 4.78 is 5.27. The molecule has 1 saturated heterocycles. The van der Waals surface area contributed by atoms with Gasteiger partial charge < -0.3 is 14.6 Å². The summed E-state index contributed by atoms with van der Waals surface area (Å²) in [4.78, 5) is 30.9. The van der Waals surface area contributed by atoms with Gasteiger partial charge in [-0.3, -0.25) is 9.59 Å². The third-order valence-electron chi connectivity index (χ3n) is 4.80. The van der Waals surface area contributed by atoms with Gasteiger partial charge in [-0.15, -0.1) is 0 Å². The van der Waals surface area contributed by atoms with Gasteiger partial charge in [0, 0.05) is 22.8 Å². The van der Waals surface area contributed by atoms with Crippen molar-refractivity contribution >= 4 is 29.1 Å². The molecule has 28 heavy (non-hydrogen) atoms. The fraction of sp³-hybridized carbons (Fsp3) is 0.190. The highest BCUT2D eigenvalue weighted by Crippen LogP contribution is 2.32. The van der Waals surface area contributed by atoms with Crippen LogP contribution in [0.5, 0.6) is 0 Å². The topological polar surface area (TPSA) is 75.4 Å². The van der Waals surface area contributed by atoms with Crippen LogP contribution in [0.2, 0.25) is 5.02 Å². The molecule has 2 amide bonds. The van der Waals surface area contributed by atoms with Crippen LogP contribution >= 0.6 is 11.6 Å². The van der Waals surface area contributed by atoms with Crippen molar-refractivity contribution in [3.63, 3.8) is 0 Å². The van der Waals surface area contributed by atoms with Crippen molar-refractivity contribution < 1.29 is 14.0 Å². The lowest BCUT2D eigenvalue weighted by molar-refractivity contribution is -0.143. The van der Waals surface area contributed by atoms with E-state index in [1.165, 1.54) is 6.39 Å². The molecule has 2 aromatic carbocycles. The Morgan fingerprint density at radius 1 is 1.18 bits per heavy atom. The number of aromatic nitrogens is 1. The largest absolute Gasteiger partial charge is 0.444 e. The van der Waals surface area contributed by atoms with Gasteiger partial charge in [-0.2, -0.15) is 0 Å². The fourth-order valence-electron chi connectivity index (χ4n) is 3.46. The number of benzene rings is 2. The van der Waals surface area contributed by atoms with Gasteiger partial charge in [-0.1, -0.05) is 35.9 Å². The number of oxazole rings is 1. The predicted octanol–water partition coefficient (Wildman–Crippen LogP) is 4.30. The van der Waals surface area contributed by atoms with Crippen molar-refractivity contribution in [2.75, 3.05) is 11.9 Å². The van der Waals surface area contributed by atoms with Gasteiger partial charge in [0.05, 0.1) is 12.2 Å². The van der Waals surface area contributed by atoms with Gasteiger partial charge in [-0.05, 0) is 42.7 Å². The van der Waals surface area contributed by atoms with Crippen molar-refractivity contribution in [2.24, 2.45) is 0 Å². The number of nitrogens with zero attached hydrogens (tertiary/aromatic N) is 2. The number of amides is 2. The van der Waals surface area contributed by atoms with Crippen LogP contribution in [0.1, 0.15) is 24.4 Å². The average Bonchev–Trinajstić information content (AvgIpc) is 3.40. The summed E-state index contributed by atoms with van der Waals surface area (Å²) in [5, 5.41) is 3.33. The molecule has 4 rings (SSSR count). The molecule has 1 fully saturated rings. The molecule has 7 heteroatoms. The lowest BCUT2D eigenvalue weighted by atomic mass is 10.0. The van der Waals surface area contributed by atoms with Gasteiger partial charge in [0.15, 0.2) is 12.2 Å². The molecular weight excluding hydrogens is 378 g/mol. The molecule has 6 nitrogen and oxygen atoms in total. The molecule has 0 unspecified atom stereocenters. The second-order valence-electron chi connectivity index (χ2n) is 6.61. The molecule has 3 aromatic rings. The summed E-state index contributed by atoms with van der Waals surface area (Å²) >= 11 is 5.95. The molecule has 1 N–H and O–H groups in total. The van der Waals surface area contributed by atoms with Crippen molar-refractivity contribution in [3.8, 4) is 11.3 Å². The van der Waals surface area contributed by atoms with E-state index in [2.05, 4.69) is 10.3 Å². The Hall–Kier alpha value is -3.12. The summed E-state index contributed by atoms with van der Waals surface area (Å²) in [6, 6.07) is 14.4. The molecule has 0 bridgehead atoms. The molecular formula is C21H18ClN3O3. The second-order valence-corrected chi connectivity index (χ2v) is 7.05. The highest BCUT2D eigenvalue weighted by atomic mass is 35.5. The van der Waals surface area contributed by atoms with E-state index in [9.17, 15) is 9.59 Å². The predicted molar refractivity (Wildman–Crippen MR) is 106 cm³/mol. The molecule has 2 heterocycles. The van der Waals surface area contributed by atoms with Crippen LogP contribution in [0.25, 0.3) is 11.3 Å². The molecule has 142 valence electrons. The van der Waals surface area contributed by atoms with Crippen molar-refractivity contribution in [1.29, 1.82) is 0 Å². The number of carbonyl (C=O) groups is 2. The van der Waals surface area contributed by atoms with E-state index in [0.717, 1.165) is 24.0 Å². The van der Waals surface area contributed by atoms with Gasteiger partial charge in [-0.25, -0.2) is 4.98 Å². The first-order valence-electron chi connectivity index (χ1n) is 8.98. The van der Waals surface area contributed by atoms with Crippen LogP contribution < -0.4 is 5.32 Å². The fourth-order valence-corrected chi connectivity index (χ4v) is 3.59. The van der Waals surface area contributed by atoms with Crippen molar-refractivity contribution in [3.05, 3.63) is 71.7 Å². The maximum absolute atomic E-state index is 12.8. The third-order valence-corrected chi connectivity index (χ3v) is 5.05. The summed E-state index contributed by atoms with van der Waals surface area (Å²) in [6.07, 6.45) is 4.61. The quantitative estimate of drug-likeness (QED) is 0.671. The molecule has 1 aliphatic rings. The minimum Gasteiger partial charge on any atom is -0.444 e. The number of rotatable bonds is 3. The number of anilines is 1. The van der Waals surface area contributed by atoms with Crippen molar-refractivity contribution in [1.82, 2.24) is 9.88 Å². The van der Waals surface area contributed by atoms with Crippen LogP contribution in [-0.2, 0) is 9.59 Å². The smallest absolute Gasteiger partial charge is 0.313 e. The van der Waals surface area contributed by atoms with Crippen LogP contribution in [0, 0.1) is 0 Å². The SMILES string of the molecule is O=C(Nc1cccc(-c2cnco2)c1)C(=O)N1CCC[C@H]1c1ccc(Cl)cc1. The van der Waals surface area contributed by atoms with E-state index in [0.29, 0.717) is 23.0 Å². The zero-order valence-electron chi connectivity index (χ0n) is 15.0. The van der Waals surface area contributed by atoms with Crippen molar-refractivity contribution in [2.45, 2.75) is 18.9 Å². The lowest BCUT2D eigenvalue weighted by Crippen LogP contribution is -2.39. The van der Waals surface area contributed by atoms with E-state index >= 15 is 0 Å². The van der Waals surface area contributed by atoms with Gasteiger partial charge >= 0.3 is 11.8 Å². The lowest BCUT2D eigenvalue weighted by Gasteiger charge is -2.24. The van der Waals surface area contributed by atoms with Crippen LogP contribution in [0.15, 0.2) is 65.5 Å². The molecule has 1 atom stereocenters. The van der Waals surface area contributed by atoms with Crippen LogP contribution in [0.3, 0.4) is 0 Å². The number of hydrogen-bond acceptors (Lipinski definition) is 4. The van der Waals surface area contributed by atoms with Gasteiger partial charge in [0.1, 0.15) is 0 Å². The number of likely N-dealkylation sites (tertiary alicyclic amines) is 1. The monoisotopic (exact) mass is 395 g/mol. The molecule has 1 aromatic heterocycles. The summed E-state index contributed by atoms with van der Waals surface area (Å²) in [6.45, 7) is 0.553. The van der Waals surface area contributed by atoms with Gasteiger partial charge in [0.25, 0.3) is 0 Å². The zero-order valence-corrected chi connectivity index (χ0v) is 15.7. The Morgan fingerprint density at radius 3 is 2.75 bits per heavy atom. The molecule has 0 saturated carbocycles. The normalized spacial score (nSPS) is 16.2. The zero-order chi connectivity index (χ0) is 19.5. The minimum atomic E-state index is -0.657. The summed E-state index contributed by atoms with van der Waals surface area (Å²) in [5.41, 5.74) is 2.27. The maximum Gasteiger partial charge on any atom is 0.313 e. The highest BCUT2D eigenvalue weighted by molar-refractivity contribution is 6.39. The first-order chi connectivity index (χ1) is 13.6. The second kappa shape index (κ2) is 7.86. The molecule has 0 spiro atoms. The summed E-state index contributed by atoms with van der Waals surface area (Å²) in [7, 11) is 0. The standard InChI is InChI=1S/C21H18ClN3O3/c22-16-8-6-14(7-9-16)18-5-2-10-25(18)21(27)20(26)24-17-4-1-3-15(11-17)19-12-23-13-28-19/h1,3-4,6-9,11-13,18H,2,5,10H2,(H,24,26)/t18-/m0/s1. The number of carbonyl (C=O) groups excluding carboxylic acids is 2. The molecule has 0 radical (unpaired) electrons. The summed E-state index contributed by atoms with van der Waals surface area (Å²) in [5.74, 6) is -0.608. The molecule has 1 aliphatic heterocycles. The molecule has 0 aliphatic carbocycles. The van der Waals surface area contributed by atoms with E-state index < -0.39 is 11.8 Å². The Kier molecular flexibility index (Phi) is 5.12. The number of nitrogens with one attached hydrogen (secondary N) is 1. The Bertz CT molecular complexity index is 986. The number of halogens is 1. The van der Waals surface area contributed by atoms with Crippen LogP contribution in [0.4, 0.5) is 5.69 Å². The maximum atomic E-state index is 12.8. The number of hydrogen-bond donors (Lipinski definition) is 1. The Morgan fingerprint density at radius 2 is 2.00 bits per heavy atom. The Labute approximate surface area is 167 Å². The van der Waals surface area contributed by atoms with E-state index in [4.69, 9.17) is 16.0 Å². The average molecular weight is 396 g/mol. The third kappa shape index (κ3) is 3.77. The Balaban J connectivity index is 1.48.